The van der Waals surface area contributed by atoms with Crippen LogP contribution in [0.15, 0.2) is 90.3 Å². The summed E-state index contributed by atoms with van der Waals surface area (Å²) >= 11 is 0. The largest absolute Gasteiger partial charge is 0.553 e. The SMILES string of the molecule is CC1=c2ccc3n2C24n5c(ccc5C(c5c(C)cc(C)cc5C)=C5C=CC1=[N+]52)C(c1ccccc1)=C1C(=O)C(C)(C)C(=[N+]14)C=3. The summed E-state index contributed by atoms with van der Waals surface area (Å²) in [5, 5.41) is 2.31. The molecule has 1 atom stereocenters. The molecule has 10 rings (SSSR count). The van der Waals surface area contributed by atoms with Gasteiger partial charge in [0.15, 0.2) is 0 Å². The highest BCUT2D eigenvalue weighted by molar-refractivity contribution is 6.29. The Hall–Kier alpha value is -5.03. The first-order chi connectivity index (χ1) is 21.2. The van der Waals surface area contributed by atoms with Gasteiger partial charge in [-0.2, -0.15) is 9.13 Å². The average Bonchev–Trinajstić information content (AvgIpc) is 3.77. The monoisotopic (exact) mass is 572 g/mol. The van der Waals surface area contributed by atoms with Crippen LogP contribution in [0.25, 0.3) is 22.8 Å². The quantitative estimate of drug-likeness (QED) is 0.313. The molecule has 5 nitrogen and oxygen atoms in total. The lowest BCUT2D eigenvalue weighted by Crippen LogP contribution is -2.70. The van der Waals surface area contributed by atoms with Crippen molar-refractivity contribution in [3.05, 3.63) is 140 Å². The molecule has 1 spiro atoms. The molecule has 2 aromatic heterocycles. The highest BCUT2D eigenvalue weighted by atomic mass is 16.1. The number of Topliss-reactive ketones (excluding diaryl/α,β-unsaturated/α-hetero) is 1. The second-order valence-electron chi connectivity index (χ2n) is 13.6. The Morgan fingerprint density at radius 1 is 0.750 bits per heavy atom. The minimum atomic E-state index is -0.840. The van der Waals surface area contributed by atoms with E-state index in [-0.39, 0.29) is 5.78 Å². The number of hydrogen-bond donors (Lipinski definition) is 0. The molecule has 0 fully saturated rings. The van der Waals surface area contributed by atoms with Crippen LogP contribution in [0.4, 0.5) is 0 Å². The van der Waals surface area contributed by atoms with Gasteiger partial charge in [0.1, 0.15) is 5.41 Å². The maximum absolute atomic E-state index is 14.8. The third-order valence-electron chi connectivity index (χ3n) is 10.8. The summed E-state index contributed by atoms with van der Waals surface area (Å²) in [6.07, 6.45) is 6.85. The summed E-state index contributed by atoms with van der Waals surface area (Å²) in [4.78, 5) is 14.8. The van der Waals surface area contributed by atoms with Crippen molar-refractivity contribution >= 4 is 40.0 Å². The van der Waals surface area contributed by atoms with Crippen molar-refractivity contribution in [3.63, 3.8) is 0 Å². The summed E-state index contributed by atoms with van der Waals surface area (Å²) < 4.78 is 9.96. The average molecular weight is 573 g/mol. The molecule has 0 bridgehead atoms. The van der Waals surface area contributed by atoms with Crippen LogP contribution in [0.1, 0.15) is 60.0 Å². The van der Waals surface area contributed by atoms with Crippen molar-refractivity contribution in [1.29, 1.82) is 0 Å². The molecule has 5 heteroatoms. The molecule has 0 N–H and O–H groups in total. The highest BCUT2D eigenvalue weighted by Crippen LogP contribution is 2.54. The topological polar surface area (TPSA) is 32.9 Å². The molecular formula is C39H32N4O+2. The van der Waals surface area contributed by atoms with Gasteiger partial charge in [-0.1, -0.05) is 57.2 Å². The molecule has 44 heavy (non-hydrogen) atoms. The van der Waals surface area contributed by atoms with E-state index in [1.54, 1.807) is 0 Å². The normalized spacial score (nSPS) is 22.8. The first kappa shape index (κ1) is 24.4. The van der Waals surface area contributed by atoms with E-state index < -0.39 is 11.3 Å². The number of ketones is 1. The van der Waals surface area contributed by atoms with Gasteiger partial charge < -0.3 is 0 Å². The van der Waals surface area contributed by atoms with Gasteiger partial charge in [0.25, 0.3) is 5.70 Å². The number of benzene rings is 2. The van der Waals surface area contributed by atoms with Gasteiger partial charge in [-0.25, -0.2) is 0 Å². The van der Waals surface area contributed by atoms with Crippen molar-refractivity contribution < 1.29 is 13.9 Å². The molecule has 0 saturated carbocycles. The van der Waals surface area contributed by atoms with E-state index in [1.807, 2.05) is 6.07 Å². The second-order valence-corrected chi connectivity index (χ2v) is 13.6. The van der Waals surface area contributed by atoms with E-state index in [1.165, 1.54) is 55.9 Å². The molecule has 0 radical (unpaired) electrons. The maximum atomic E-state index is 14.8. The zero-order valence-electron chi connectivity index (χ0n) is 25.8. The van der Waals surface area contributed by atoms with Crippen LogP contribution >= 0.6 is 0 Å². The van der Waals surface area contributed by atoms with Crippen molar-refractivity contribution in [2.24, 2.45) is 5.41 Å². The van der Waals surface area contributed by atoms with Gasteiger partial charge in [-0.3, -0.25) is 4.79 Å². The third kappa shape index (κ3) is 2.37. The summed E-state index contributed by atoms with van der Waals surface area (Å²) in [6.45, 7) is 13.1. The first-order valence-corrected chi connectivity index (χ1v) is 15.5. The zero-order valence-corrected chi connectivity index (χ0v) is 25.8. The van der Waals surface area contributed by atoms with Crippen LogP contribution in [0.5, 0.6) is 0 Å². The van der Waals surface area contributed by atoms with Gasteiger partial charge in [0, 0.05) is 23.8 Å². The molecule has 6 aliphatic heterocycles. The van der Waals surface area contributed by atoms with Gasteiger partial charge in [-0.15, -0.1) is 0 Å². The van der Waals surface area contributed by atoms with Gasteiger partial charge in [0.05, 0.1) is 33.2 Å². The fourth-order valence-corrected chi connectivity index (χ4v) is 9.13. The molecule has 0 aliphatic carbocycles. The fourth-order valence-electron chi connectivity index (χ4n) is 9.13. The minimum Gasteiger partial charge on any atom is -0.286 e. The Morgan fingerprint density at radius 2 is 1.45 bits per heavy atom. The van der Waals surface area contributed by atoms with Gasteiger partial charge >= 0.3 is 5.91 Å². The van der Waals surface area contributed by atoms with E-state index >= 15 is 0 Å². The molecule has 8 heterocycles. The molecule has 1 unspecified atom stereocenters. The number of carbonyl (C=O) groups is 1. The van der Waals surface area contributed by atoms with Crippen molar-refractivity contribution in [2.75, 3.05) is 0 Å². The van der Waals surface area contributed by atoms with E-state index in [4.69, 9.17) is 0 Å². The smallest absolute Gasteiger partial charge is 0.286 e. The Bertz CT molecular complexity index is 2430. The van der Waals surface area contributed by atoms with Gasteiger partial charge in [0.2, 0.25) is 22.9 Å². The molecule has 4 aromatic rings. The van der Waals surface area contributed by atoms with E-state index in [2.05, 4.69) is 139 Å². The van der Waals surface area contributed by atoms with Crippen LogP contribution in [0, 0.1) is 26.2 Å². The van der Waals surface area contributed by atoms with Crippen molar-refractivity contribution in [2.45, 2.75) is 47.5 Å². The third-order valence-corrected chi connectivity index (χ3v) is 10.8. The standard InChI is InChI=1S/C39H32N4O/c1-21-18-22(2)33(23(3)19-21)35-30-15-14-28-24(4)27-13-12-26-20-32-38(5,6)37(44)36-34(25-10-8-7-9-11-25)29-16-17-31(35)42(29)39(40(26)27,41(28)30)43(32)36/h7-20H,1-6H3/q+2. The lowest BCUT2D eigenvalue weighted by atomic mass is 9.82. The van der Waals surface area contributed by atoms with Crippen LogP contribution in [0.3, 0.4) is 0 Å². The molecule has 0 amide bonds. The zero-order chi connectivity index (χ0) is 30.0. The Morgan fingerprint density at radius 3 is 2.18 bits per heavy atom. The highest BCUT2D eigenvalue weighted by Gasteiger charge is 2.76. The number of carbonyl (C=O) groups excluding carboxylic acids is 1. The van der Waals surface area contributed by atoms with E-state index in [9.17, 15) is 4.79 Å². The molecule has 212 valence electrons. The van der Waals surface area contributed by atoms with Crippen LogP contribution < -0.4 is 10.7 Å². The number of allylic oxidation sites excluding steroid dienone is 3. The summed E-state index contributed by atoms with van der Waals surface area (Å²) in [7, 11) is 0. The van der Waals surface area contributed by atoms with E-state index in [0.717, 1.165) is 33.6 Å². The number of rotatable bonds is 2. The lowest BCUT2D eigenvalue weighted by Gasteiger charge is -2.40. The molecule has 2 aromatic carbocycles. The Labute approximate surface area is 255 Å². The Kier molecular flexibility index (Phi) is 4.08. The molecule has 0 saturated heterocycles. The van der Waals surface area contributed by atoms with Crippen molar-refractivity contribution in [3.8, 4) is 0 Å². The van der Waals surface area contributed by atoms with E-state index in [0.29, 0.717) is 0 Å². The van der Waals surface area contributed by atoms with Crippen LogP contribution in [-0.2, 0) is 10.7 Å². The van der Waals surface area contributed by atoms with Crippen LogP contribution in [0.2, 0.25) is 0 Å². The van der Waals surface area contributed by atoms with Crippen molar-refractivity contribution in [1.82, 2.24) is 9.13 Å². The molecular weight excluding hydrogens is 540 g/mol. The molecule has 6 aliphatic rings. The van der Waals surface area contributed by atoms with Crippen LogP contribution in [-0.4, -0.2) is 35.5 Å². The predicted molar refractivity (Wildman–Crippen MR) is 173 cm³/mol. The predicted octanol–water partition coefficient (Wildman–Crippen LogP) is 4.94. The summed E-state index contributed by atoms with van der Waals surface area (Å²) in [5.74, 6) is -0.674. The number of nitrogens with zero attached hydrogens (tertiary/aromatic N) is 4. The first-order valence-electron chi connectivity index (χ1n) is 15.5. The summed E-state index contributed by atoms with van der Waals surface area (Å²) in [5.41, 5.74) is 15.4. The summed E-state index contributed by atoms with van der Waals surface area (Å²) in [6, 6.07) is 24.1. The minimum absolute atomic E-state index is 0.166. The van der Waals surface area contributed by atoms with Gasteiger partial charge in [-0.05, 0) is 88.1 Å². The maximum Gasteiger partial charge on any atom is 0.553 e. The number of aromatic nitrogens is 2. The fraction of sp³-hybridized carbons (Fsp3) is 0.205. The Balaban J connectivity index is 1.49. The lowest BCUT2D eigenvalue weighted by molar-refractivity contribution is -0.833. The number of aryl methyl sites for hydroxylation is 3. The number of hydrogen-bond acceptors (Lipinski definition) is 1. The second kappa shape index (κ2) is 7.36.